The molecule has 30 heavy (non-hydrogen) atoms. The summed E-state index contributed by atoms with van der Waals surface area (Å²) in [4.78, 5) is 12.9. The Bertz CT molecular complexity index is 1030. The molecule has 1 aromatic carbocycles. The summed E-state index contributed by atoms with van der Waals surface area (Å²) >= 11 is 0. The highest BCUT2D eigenvalue weighted by Crippen LogP contribution is 2.32. The van der Waals surface area contributed by atoms with Gasteiger partial charge >= 0.3 is 0 Å². The molecular weight excluding hydrogens is 408 g/mol. The molecule has 3 heterocycles. The summed E-state index contributed by atoms with van der Waals surface area (Å²) in [6, 6.07) is 4.07. The van der Waals surface area contributed by atoms with Gasteiger partial charge in [0.2, 0.25) is 10.0 Å². The quantitative estimate of drug-likeness (QED) is 0.548. The van der Waals surface area contributed by atoms with Gasteiger partial charge in [0, 0.05) is 57.6 Å². The Balaban J connectivity index is 1.61. The van der Waals surface area contributed by atoms with Crippen LogP contribution in [0.15, 0.2) is 35.5 Å². The van der Waals surface area contributed by atoms with Gasteiger partial charge in [0.1, 0.15) is 4.90 Å². The lowest BCUT2D eigenvalue weighted by Crippen LogP contribution is -2.42. The van der Waals surface area contributed by atoms with Crippen LogP contribution in [0.4, 0.5) is 17.1 Å². The lowest BCUT2D eigenvalue weighted by Gasteiger charge is -2.34. The van der Waals surface area contributed by atoms with Crippen LogP contribution in [0, 0.1) is 10.1 Å². The molecule has 2 fully saturated rings. The van der Waals surface area contributed by atoms with Crippen molar-refractivity contribution in [2.75, 3.05) is 36.4 Å². The van der Waals surface area contributed by atoms with Crippen molar-refractivity contribution in [3.05, 3.63) is 40.7 Å². The Kier molecular flexibility index (Phi) is 5.65. The number of non-ortho nitro benzene ring substituents is 1. The molecular formula is C19H26N6O4S. The number of aryl methyl sites for hydroxylation is 1. The number of nitro groups is 1. The van der Waals surface area contributed by atoms with E-state index in [2.05, 4.69) is 15.3 Å². The van der Waals surface area contributed by atoms with Crippen LogP contribution in [-0.4, -0.2) is 59.6 Å². The average molecular weight is 435 g/mol. The molecule has 0 aliphatic carbocycles. The maximum absolute atomic E-state index is 13.2. The summed E-state index contributed by atoms with van der Waals surface area (Å²) in [6.45, 7) is 2.50. The van der Waals surface area contributed by atoms with Gasteiger partial charge in [0.15, 0.2) is 0 Å². The highest BCUT2D eigenvalue weighted by molar-refractivity contribution is 7.89. The Morgan fingerprint density at radius 2 is 1.97 bits per heavy atom. The van der Waals surface area contributed by atoms with E-state index in [-0.39, 0.29) is 16.6 Å². The van der Waals surface area contributed by atoms with Gasteiger partial charge in [0.05, 0.1) is 22.5 Å². The maximum atomic E-state index is 13.2. The van der Waals surface area contributed by atoms with Gasteiger partial charge in [-0.25, -0.2) is 8.42 Å². The molecule has 0 saturated carbocycles. The maximum Gasteiger partial charge on any atom is 0.270 e. The number of hydrogen-bond donors (Lipinski definition) is 1. The predicted octanol–water partition coefficient (Wildman–Crippen LogP) is 2.19. The fourth-order valence-electron chi connectivity index (χ4n) is 4.15. The van der Waals surface area contributed by atoms with Crippen LogP contribution in [0.3, 0.4) is 0 Å². The van der Waals surface area contributed by atoms with E-state index in [1.807, 2.05) is 19.4 Å². The summed E-state index contributed by atoms with van der Waals surface area (Å²) in [5, 5.41) is 18.8. The summed E-state index contributed by atoms with van der Waals surface area (Å²) < 4.78 is 29.6. The van der Waals surface area contributed by atoms with E-state index in [0.717, 1.165) is 37.9 Å². The van der Waals surface area contributed by atoms with E-state index in [1.54, 1.807) is 4.68 Å². The van der Waals surface area contributed by atoms with Crippen LogP contribution in [0.2, 0.25) is 0 Å². The van der Waals surface area contributed by atoms with Crippen LogP contribution < -0.4 is 10.2 Å². The Morgan fingerprint density at radius 1 is 1.20 bits per heavy atom. The van der Waals surface area contributed by atoms with E-state index < -0.39 is 14.9 Å². The number of piperidine rings is 1. The van der Waals surface area contributed by atoms with Crippen LogP contribution in [-0.2, 0) is 17.1 Å². The number of nitrogens with zero attached hydrogens (tertiary/aromatic N) is 5. The van der Waals surface area contributed by atoms with Crippen molar-refractivity contribution < 1.29 is 13.3 Å². The molecule has 1 N–H and O–H groups in total. The van der Waals surface area contributed by atoms with Crippen molar-refractivity contribution in [1.82, 2.24) is 14.1 Å². The van der Waals surface area contributed by atoms with Gasteiger partial charge in [0.25, 0.3) is 5.69 Å². The fraction of sp³-hybridized carbons (Fsp3) is 0.526. The van der Waals surface area contributed by atoms with Crippen LogP contribution in [0.1, 0.15) is 25.7 Å². The summed E-state index contributed by atoms with van der Waals surface area (Å²) in [5.41, 5.74) is 1.22. The number of sulfonamides is 1. The lowest BCUT2D eigenvalue weighted by molar-refractivity contribution is -0.385. The van der Waals surface area contributed by atoms with Gasteiger partial charge < -0.3 is 10.2 Å². The first-order chi connectivity index (χ1) is 14.3. The van der Waals surface area contributed by atoms with Crippen molar-refractivity contribution in [2.45, 2.75) is 36.6 Å². The first-order valence-corrected chi connectivity index (χ1v) is 11.6. The van der Waals surface area contributed by atoms with E-state index in [4.69, 9.17) is 0 Å². The molecule has 162 valence electrons. The SMILES string of the molecule is Cn1cc(N2CCCC(Nc3ccc([N+](=O)[O-])cc3S(=O)(=O)N3CCCC3)C2)cn1. The van der Waals surface area contributed by atoms with Gasteiger partial charge in [-0.2, -0.15) is 9.40 Å². The normalized spacial score (nSPS) is 20.4. The molecule has 2 aliphatic heterocycles. The standard InChI is InChI=1S/C19H26N6O4S/c1-22-14-17(12-20-22)23-8-4-5-15(13-23)21-18-7-6-16(25(26)27)11-19(18)30(28,29)24-9-2-3-10-24/h6-7,11-12,14-15,21H,2-5,8-10,13H2,1H3. The molecule has 1 unspecified atom stereocenters. The Hall–Kier alpha value is -2.66. The molecule has 0 spiro atoms. The van der Waals surface area contributed by atoms with Gasteiger partial charge in [-0.05, 0) is 31.7 Å². The monoisotopic (exact) mass is 434 g/mol. The zero-order valence-electron chi connectivity index (χ0n) is 16.9. The molecule has 1 aromatic heterocycles. The first kappa shape index (κ1) is 20.6. The lowest BCUT2D eigenvalue weighted by atomic mass is 10.0. The fourth-order valence-corrected chi connectivity index (χ4v) is 5.84. The van der Waals surface area contributed by atoms with Crippen molar-refractivity contribution in [2.24, 2.45) is 7.05 Å². The van der Waals surface area contributed by atoms with E-state index in [9.17, 15) is 18.5 Å². The smallest absolute Gasteiger partial charge is 0.270 e. The molecule has 2 aromatic rings. The van der Waals surface area contributed by atoms with Crippen molar-refractivity contribution in [1.29, 1.82) is 0 Å². The number of rotatable bonds is 6. The Labute approximate surface area is 175 Å². The molecule has 0 amide bonds. The minimum absolute atomic E-state index is 0.0166. The zero-order valence-corrected chi connectivity index (χ0v) is 17.7. The molecule has 0 bridgehead atoms. The first-order valence-electron chi connectivity index (χ1n) is 10.1. The molecule has 0 radical (unpaired) electrons. The van der Waals surface area contributed by atoms with E-state index >= 15 is 0 Å². The largest absolute Gasteiger partial charge is 0.379 e. The van der Waals surface area contributed by atoms with E-state index in [0.29, 0.717) is 25.3 Å². The minimum atomic E-state index is -3.80. The van der Waals surface area contributed by atoms with Crippen LogP contribution >= 0.6 is 0 Å². The zero-order chi connectivity index (χ0) is 21.3. The van der Waals surface area contributed by atoms with Gasteiger partial charge in [-0.3, -0.25) is 14.8 Å². The topological polar surface area (TPSA) is 114 Å². The second-order valence-electron chi connectivity index (χ2n) is 7.85. The van der Waals surface area contributed by atoms with Crippen molar-refractivity contribution in [3.63, 3.8) is 0 Å². The second-order valence-corrected chi connectivity index (χ2v) is 9.76. The molecule has 11 heteroatoms. The van der Waals surface area contributed by atoms with Crippen LogP contribution in [0.5, 0.6) is 0 Å². The van der Waals surface area contributed by atoms with E-state index in [1.165, 1.54) is 22.5 Å². The number of nitrogens with one attached hydrogen (secondary N) is 1. The highest BCUT2D eigenvalue weighted by atomic mass is 32.2. The second kappa shape index (κ2) is 8.23. The number of anilines is 2. The molecule has 2 saturated heterocycles. The molecule has 1 atom stereocenters. The Morgan fingerprint density at radius 3 is 2.63 bits per heavy atom. The summed E-state index contributed by atoms with van der Waals surface area (Å²) in [5.74, 6) is 0. The summed E-state index contributed by atoms with van der Waals surface area (Å²) in [7, 11) is -1.93. The molecule has 10 nitrogen and oxygen atoms in total. The van der Waals surface area contributed by atoms with Gasteiger partial charge in [-0.15, -0.1) is 0 Å². The average Bonchev–Trinajstić information content (AvgIpc) is 3.40. The minimum Gasteiger partial charge on any atom is -0.379 e. The van der Waals surface area contributed by atoms with Crippen LogP contribution in [0.25, 0.3) is 0 Å². The van der Waals surface area contributed by atoms with Crippen molar-refractivity contribution in [3.8, 4) is 0 Å². The number of aromatic nitrogens is 2. The number of nitro benzene ring substituents is 1. The predicted molar refractivity (Wildman–Crippen MR) is 113 cm³/mol. The third kappa shape index (κ3) is 4.12. The molecule has 4 rings (SSSR count). The van der Waals surface area contributed by atoms with Crippen molar-refractivity contribution >= 4 is 27.1 Å². The summed E-state index contributed by atoms with van der Waals surface area (Å²) in [6.07, 6.45) is 7.22. The molecule has 2 aliphatic rings. The van der Waals surface area contributed by atoms with Gasteiger partial charge in [-0.1, -0.05) is 0 Å². The highest BCUT2D eigenvalue weighted by Gasteiger charge is 2.32. The number of benzene rings is 1. The third-order valence-electron chi connectivity index (χ3n) is 5.70. The number of hydrogen-bond acceptors (Lipinski definition) is 7. The third-order valence-corrected chi connectivity index (χ3v) is 7.63.